The maximum Gasteiger partial charge on any atom is 0.341 e. The Hall–Kier alpha value is -3.78. The van der Waals surface area contributed by atoms with Crippen molar-refractivity contribution in [3.8, 4) is 11.1 Å². The molecule has 1 N–H and O–H groups in total. The number of carbonyl (C=O) groups is 2. The Labute approximate surface area is 176 Å². The smallest absolute Gasteiger partial charge is 0.341 e. The number of esters is 1. The number of hydrogen-bond donors (Lipinski definition) is 1. The summed E-state index contributed by atoms with van der Waals surface area (Å²) in [6.07, 6.45) is 2.72. The van der Waals surface area contributed by atoms with E-state index >= 15 is 0 Å². The molecule has 1 heterocycles. The minimum Gasteiger partial charge on any atom is -0.465 e. The van der Waals surface area contributed by atoms with E-state index in [4.69, 9.17) is 4.74 Å². The van der Waals surface area contributed by atoms with Crippen LogP contribution in [0.2, 0.25) is 0 Å². The van der Waals surface area contributed by atoms with Crippen LogP contribution in [0, 0.1) is 17.0 Å². The van der Waals surface area contributed by atoms with E-state index in [1.54, 1.807) is 11.4 Å². The highest BCUT2D eigenvalue weighted by molar-refractivity contribution is 7.15. The van der Waals surface area contributed by atoms with Crippen LogP contribution in [0.4, 0.5) is 10.7 Å². The van der Waals surface area contributed by atoms with Crippen molar-refractivity contribution >= 4 is 40.0 Å². The van der Waals surface area contributed by atoms with Crippen LogP contribution in [0.3, 0.4) is 0 Å². The number of carbonyl (C=O) groups excluding carboxylic acids is 2. The minimum atomic E-state index is -0.551. The summed E-state index contributed by atoms with van der Waals surface area (Å²) in [7, 11) is 1.28. The summed E-state index contributed by atoms with van der Waals surface area (Å²) in [5.74, 6) is -1.02. The van der Waals surface area contributed by atoms with Crippen LogP contribution in [0.1, 0.15) is 21.5 Å². The molecule has 0 aliphatic heterocycles. The third-order valence-corrected chi connectivity index (χ3v) is 5.18. The largest absolute Gasteiger partial charge is 0.465 e. The van der Waals surface area contributed by atoms with Crippen LogP contribution >= 0.6 is 11.3 Å². The number of nitro benzene ring substituents is 1. The molecule has 0 saturated heterocycles. The topological polar surface area (TPSA) is 98.5 Å². The first-order valence-electron chi connectivity index (χ1n) is 8.89. The molecule has 3 aromatic rings. The second kappa shape index (κ2) is 9.15. The molecule has 0 radical (unpaired) electrons. The zero-order chi connectivity index (χ0) is 21.7. The number of nitro groups is 1. The third-order valence-electron chi connectivity index (χ3n) is 4.29. The van der Waals surface area contributed by atoms with Gasteiger partial charge in [-0.15, -0.1) is 11.3 Å². The van der Waals surface area contributed by atoms with Gasteiger partial charge in [0.1, 0.15) is 10.6 Å². The molecule has 30 heavy (non-hydrogen) atoms. The Kier molecular flexibility index (Phi) is 6.38. The van der Waals surface area contributed by atoms with Gasteiger partial charge in [0.2, 0.25) is 5.91 Å². The van der Waals surface area contributed by atoms with Gasteiger partial charge in [-0.25, -0.2) is 4.79 Å². The maximum absolute atomic E-state index is 12.4. The van der Waals surface area contributed by atoms with Crippen molar-refractivity contribution in [2.24, 2.45) is 0 Å². The highest BCUT2D eigenvalue weighted by Crippen LogP contribution is 2.36. The second-order valence-corrected chi connectivity index (χ2v) is 7.27. The first kappa shape index (κ1) is 20.9. The third kappa shape index (κ3) is 4.79. The summed E-state index contributed by atoms with van der Waals surface area (Å²) in [4.78, 5) is 35.1. The zero-order valence-electron chi connectivity index (χ0n) is 16.2. The van der Waals surface area contributed by atoms with E-state index < -0.39 is 16.8 Å². The lowest BCUT2D eigenvalue weighted by molar-refractivity contribution is -0.384. The highest BCUT2D eigenvalue weighted by Gasteiger charge is 2.21. The molecule has 8 heteroatoms. The summed E-state index contributed by atoms with van der Waals surface area (Å²) < 4.78 is 4.90. The fourth-order valence-corrected chi connectivity index (χ4v) is 3.73. The number of ether oxygens (including phenoxy) is 1. The van der Waals surface area contributed by atoms with Crippen molar-refractivity contribution in [3.63, 3.8) is 0 Å². The maximum atomic E-state index is 12.4. The van der Waals surface area contributed by atoms with Gasteiger partial charge in [-0.05, 0) is 24.1 Å². The molecule has 0 fully saturated rings. The van der Waals surface area contributed by atoms with Crippen molar-refractivity contribution < 1.29 is 19.2 Å². The van der Waals surface area contributed by atoms with E-state index in [-0.39, 0.29) is 11.3 Å². The number of benzene rings is 2. The van der Waals surface area contributed by atoms with E-state index in [1.165, 1.54) is 48.8 Å². The lowest BCUT2D eigenvalue weighted by Crippen LogP contribution is -2.11. The quantitative estimate of drug-likeness (QED) is 0.259. The normalized spacial score (nSPS) is 10.7. The van der Waals surface area contributed by atoms with Gasteiger partial charge in [-0.3, -0.25) is 14.9 Å². The Balaban J connectivity index is 1.84. The second-order valence-electron chi connectivity index (χ2n) is 6.39. The summed E-state index contributed by atoms with van der Waals surface area (Å²) in [6.45, 7) is 1.97. The van der Waals surface area contributed by atoms with Crippen LogP contribution in [-0.4, -0.2) is 23.9 Å². The predicted molar refractivity (Wildman–Crippen MR) is 117 cm³/mol. The number of amides is 1. The highest BCUT2D eigenvalue weighted by atomic mass is 32.1. The number of rotatable bonds is 6. The Morgan fingerprint density at radius 3 is 2.57 bits per heavy atom. The van der Waals surface area contributed by atoms with Crippen LogP contribution in [-0.2, 0) is 9.53 Å². The molecule has 0 saturated carbocycles. The predicted octanol–water partition coefficient (Wildman–Crippen LogP) is 5.07. The van der Waals surface area contributed by atoms with E-state index in [0.29, 0.717) is 16.1 Å². The van der Waals surface area contributed by atoms with Crippen molar-refractivity contribution in [1.29, 1.82) is 0 Å². The summed E-state index contributed by atoms with van der Waals surface area (Å²) in [6, 6.07) is 13.6. The molecular formula is C22H18N2O5S. The number of aryl methyl sites for hydroxylation is 1. The number of nitrogens with one attached hydrogen (secondary N) is 1. The molecule has 0 atom stereocenters. The van der Waals surface area contributed by atoms with Crippen LogP contribution in [0.25, 0.3) is 17.2 Å². The molecule has 1 amide bonds. The average Bonchev–Trinajstić information content (AvgIpc) is 3.15. The van der Waals surface area contributed by atoms with Crippen LogP contribution in [0.15, 0.2) is 60.0 Å². The fourth-order valence-electron chi connectivity index (χ4n) is 2.77. The molecule has 7 nitrogen and oxygen atoms in total. The van der Waals surface area contributed by atoms with Gasteiger partial charge < -0.3 is 10.1 Å². The molecule has 0 aliphatic carbocycles. The number of nitrogens with zero attached hydrogens (tertiary/aromatic N) is 1. The molecule has 0 bridgehead atoms. The Morgan fingerprint density at radius 1 is 1.17 bits per heavy atom. The van der Waals surface area contributed by atoms with Crippen molar-refractivity contribution in [2.75, 3.05) is 12.4 Å². The minimum absolute atomic E-state index is 0.0634. The van der Waals surface area contributed by atoms with Crippen LogP contribution < -0.4 is 5.32 Å². The molecule has 2 aromatic carbocycles. The number of thiophene rings is 1. The molecule has 1 aromatic heterocycles. The lowest BCUT2D eigenvalue weighted by atomic mass is 10.0. The van der Waals surface area contributed by atoms with Gasteiger partial charge in [-0.2, -0.15) is 0 Å². The molecule has 3 rings (SSSR count). The van der Waals surface area contributed by atoms with Gasteiger partial charge in [0.25, 0.3) is 5.69 Å². The van der Waals surface area contributed by atoms with E-state index in [1.807, 2.05) is 31.2 Å². The van der Waals surface area contributed by atoms with Crippen molar-refractivity contribution in [3.05, 3.63) is 86.8 Å². The molecular weight excluding hydrogens is 404 g/mol. The van der Waals surface area contributed by atoms with Crippen molar-refractivity contribution in [1.82, 2.24) is 0 Å². The molecule has 0 spiro atoms. The summed E-state index contributed by atoms with van der Waals surface area (Å²) in [5.41, 5.74) is 3.33. The number of hydrogen-bond acceptors (Lipinski definition) is 6. The Morgan fingerprint density at radius 2 is 1.90 bits per heavy atom. The van der Waals surface area contributed by atoms with E-state index in [0.717, 1.165) is 11.1 Å². The van der Waals surface area contributed by atoms with Gasteiger partial charge in [0.15, 0.2) is 0 Å². The van der Waals surface area contributed by atoms with E-state index in [9.17, 15) is 19.7 Å². The zero-order valence-corrected chi connectivity index (χ0v) is 17.1. The Bertz CT molecular complexity index is 1130. The molecule has 152 valence electrons. The monoisotopic (exact) mass is 422 g/mol. The van der Waals surface area contributed by atoms with Crippen LogP contribution in [0.5, 0.6) is 0 Å². The standard InChI is InChI=1S/C22H18N2O5S/c1-14-6-9-16(10-7-14)18-13-30-21(20(18)22(26)29-2)23-19(25)11-8-15-4-3-5-17(12-15)24(27)28/h3-13H,1-2H3,(H,23,25). The van der Waals surface area contributed by atoms with Gasteiger partial charge in [-0.1, -0.05) is 42.0 Å². The van der Waals surface area contributed by atoms with Gasteiger partial charge in [0.05, 0.1) is 12.0 Å². The molecule has 0 unspecified atom stereocenters. The van der Waals surface area contributed by atoms with Gasteiger partial charge >= 0.3 is 5.97 Å². The number of anilines is 1. The molecule has 0 aliphatic rings. The van der Waals surface area contributed by atoms with E-state index in [2.05, 4.69) is 5.32 Å². The van der Waals surface area contributed by atoms with Crippen molar-refractivity contribution in [2.45, 2.75) is 6.92 Å². The van der Waals surface area contributed by atoms with Gasteiger partial charge in [0, 0.05) is 29.2 Å². The summed E-state index contributed by atoms with van der Waals surface area (Å²) in [5, 5.41) is 15.7. The number of non-ortho nitro benzene ring substituents is 1. The first-order chi connectivity index (χ1) is 14.4. The SMILES string of the molecule is COC(=O)c1c(-c2ccc(C)cc2)csc1NC(=O)C=Cc1cccc([N+](=O)[O-])c1. The fraction of sp³-hybridized carbons (Fsp3) is 0.0909. The average molecular weight is 422 g/mol. The summed E-state index contributed by atoms with van der Waals surface area (Å²) >= 11 is 1.22. The lowest BCUT2D eigenvalue weighted by Gasteiger charge is -2.07. The first-order valence-corrected chi connectivity index (χ1v) is 9.77. The number of methoxy groups -OCH3 is 1.